The minimum Gasteiger partial charge on any atom is -0.302 e. The van der Waals surface area contributed by atoms with Crippen LogP contribution in [0.5, 0.6) is 0 Å². The zero-order valence-corrected chi connectivity index (χ0v) is 17.6. The fourth-order valence-corrected chi connectivity index (χ4v) is 3.79. The van der Waals surface area contributed by atoms with Crippen LogP contribution < -0.4 is 5.32 Å². The second-order valence-corrected chi connectivity index (χ2v) is 8.07. The molecule has 0 fully saturated rings. The van der Waals surface area contributed by atoms with Crippen LogP contribution >= 0.6 is 22.9 Å². The van der Waals surface area contributed by atoms with Gasteiger partial charge >= 0.3 is 0 Å². The molecule has 1 N–H and O–H groups in total. The summed E-state index contributed by atoms with van der Waals surface area (Å²) in [5, 5.41) is 8.49. The molecule has 0 radical (unpaired) electrons. The third kappa shape index (κ3) is 4.48. The lowest BCUT2D eigenvalue weighted by molar-refractivity contribution is -0.115. The molecule has 0 saturated carbocycles. The largest absolute Gasteiger partial charge is 0.302 e. The van der Waals surface area contributed by atoms with Crippen molar-refractivity contribution < 1.29 is 9.59 Å². The molecule has 2 heterocycles. The van der Waals surface area contributed by atoms with Crippen LogP contribution in [-0.4, -0.2) is 26.5 Å². The van der Waals surface area contributed by atoms with Gasteiger partial charge in [-0.1, -0.05) is 53.3 Å². The number of carbonyl (C=O) groups excluding carboxylic acids is 2. The lowest BCUT2D eigenvalue weighted by atomic mass is 10.1. The monoisotopic (exact) mass is 436 g/mol. The van der Waals surface area contributed by atoms with E-state index in [-0.39, 0.29) is 18.1 Å². The van der Waals surface area contributed by atoms with Gasteiger partial charge in [0.05, 0.1) is 28.9 Å². The van der Waals surface area contributed by atoms with E-state index >= 15 is 0 Å². The Morgan fingerprint density at radius 1 is 1.10 bits per heavy atom. The summed E-state index contributed by atoms with van der Waals surface area (Å²) >= 11 is 7.18. The molecule has 30 heavy (non-hydrogen) atoms. The van der Waals surface area contributed by atoms with Crippen molar-refractivity contribution in [3.05, 3.63) is 82.5 Å². The minimum absolute atomic E-state index is 0.0813. The molecule has 0 spiro atoms. The van der Waals surface area contributed by atoms with Crippen molar-refractivity contribution in [3.63, 3.8) is 0 Å². The fraction of sp³-hybridized carbons (Fsp3) is 0.0909. The maximum atomic E-state index is 12.7. The zero-order valence-electron chi connectivity index (χ0n) is 16.0. The standard InChI is InChI=1S/C22H17ClN4O2S/c1-14(28)19-12-24-22(30-19)25-20(29)11-16-13-27(18-5-3-2-4-6-18)26-21(16)15-7-9-17(23)10-8-15/h2-10,12-13H,11H2,1H3,(H,24,25,29). The molecular formula is C22H17ClN4O2S. The number of hydrogen-bond acceptors (Lipinski definition) is 5. The van der Waals surface area contributed by atoms with E-state index in [0.29, 0.717) is 20.7 Å². The molecule has 0 unspecified atom stereocenters. The van der Waals surface area contributed by atoms with Crippen LogP contribution in [0.15, 0.2) is 67.0 Å². The predicted octanol–water partition coefficient (Wildman–Crippen LogP) is 5.03. The van der Waals surface area contributed by atoms with E-state index in [1.165, 1.54) is 13.1 Å². The molecule has 0 aliphatic heterocycles. The Labute approximate surface area is 182 Å². The first kappa shape index (κ1) is 20.0. The highest BCUT2D eigenvalue weighted by molar-refractivity contribution is 7.17. The van der Waals surface area contributed by atoms with E-state index in [2.05, 4.69) is 10.3 Å². The highest BCUT2D eigenvalue weighted by Gasteiger charge is 2.17. The summed E-state index contributed by atoms with van der Waals surface area (Å²) in [6.07, 6.45) is 3.43. The fourth-order valence-electron chi connectivity index (χ4n) is 2.93. The Kier molecular flexibility index (Phi) is 5.74. The Morgan fingerprint density at radius 2 is 1.83 bits per heavy atom. The third-order valence-electron chi connectivity index (χ3n) is 4.38. The average Bonchev–Trinajstić information content (AvgIpc) is 3.37. The van der Waals surface area contributed by atoms with E-state index in [9.17, 15) is 9.59 Å². The van der Waals surface area contributed by atoms with Gasteiger partial charge in [-0.05, 0) is 24.3 Å². The number of ketones is 1. The lowest BCUT2D eigenvalue weighted by Crippen LogP contribution is -2.14. The Morgan fingerprint density at radius 3 is 2.50 bits per heavy atom. The summed E-state index contributed by atoms with van der Waals surface area (Å²) in [5.74, 6) is -0.315. The van der Waals surface area contributed by atoms with Gasteiger partial charge in [0, 0.05) is 29.3 Å². The normalized spacial score (nSPS) is 10.7. The van der Waals surface area contributed by atoms with Gasteiger partial charge in [-0.2, -0.15) is 5.10 Å². The first-order valence-corrected chi connectivity index (χ1v) is 10.4. The van der Waals surface area contributed by atoms with Crippen molar-refractivity contribution in [1.82, 2.24) is 14.8 Å². The molecule has 2 aromatic heterocycles. The van der Waals surface area contributed by atoms with E-state index in [1.54, 1.807) is 16.8 Å². The number of carbonyl (C=O) groups is 2. The van der Waals surface area contributed by atoms with Crippen molar-refractivity contribution in [3.8, 4) is 16.9 Å². The number of nitrogens with one attached hydrogen (secondary N) is 1. The summed E-state index contributed by atoms with van der Waals surface area (Å²) in [7, 11) is 0. The number of amides is 1. The number of hydrogen-bond donors (Lipinski definition) is 1. The molecule has 2 aromatic carbocycles. The van der Waals surface area contributed by atoms with Gasteiger partial charge in [0.2, 0.25) is 5.91 Å². The topological polar surface area (TPSA) is 76.9 Å². The number of Topliss-reactive ketones (excluding diaryl/α,β-unsaturated/α-hetero) is 1. The van der Waals surface area contributed by atoms with Crippen molar-refractivity contribution in [2.24, 2.45) is 0 Å². The van der Waals surface area contributed by atoms with Crippen molar-refractivity contribution in [2.75, 3.05) is 5.32 Å². The van der Waals surface area contributed by atoms with Crippen LogP contribution in [0, 0.1) is 0 Å². The number of anilines is 1. The smallest absolute Gasteiger partial charge is 0.230 e. The van der Waals surface area contributed by atoms with Crippen molar-refractivity contribution >= 4 is 39.8 Å². The lowest BCUT2D eigenvalue weighted by Gasteiger charge is -2.03. The van der Waals surface area contributed by atoms with Gasteiger partial charge in [0.15, 0.2) is 10.9 Å². The molecule has 6 nitrogen and oxygen atoms in total. The second kappa shape index (κ2) is 8.61. The maximum absolute atomic E-state index is 12.7. The van der Waals surface area contributed by atoms with Gasteiger partial charge in [-0.3, -0.25) is 9.59 Å². The number of halogens is 1. The number of thiazole rings is 1. The van der Waals surface area contributed by atoms with Crippen LogP contribution in [0.4, 0.5) is 5.13 Å². The van der Waals surface area contributed by atoms with Gasteiger partial charge in [0.25, 0.3) is 0 Å². The third-order valence-corrected chi connectivity index (χ3v) is 5.64. The summed E-state index contributed by atoms with van der Waals surface area (Å²) in [6, 6.07) is 17.0. The van der Waals surface area contributed by atoms with Crippen molar-refractivity contribution in [1.29, 1.82) is 0 Å². The number of benzene rings is 2. The number of para-hydroxylation sites is 1. The SMILES string of the molecule is CC(=O)c1cnc(NC(=O)Cc2cn(-c3ccccc3)nc2-c2ccc(Cl)cc2)s1. The Hall–Kier alpha value is -3.29. The highest BCUT2D eigenvalue weighted by atomic mass is 35.5. The molecule has 0 bridgehead atoms. The summed E-state index contributed by atoms with van der Waals surface area (Å²) in [5.41, 5.74) is 3.23. The zero-order chi connectivity index (χ0) is 21.1. The van der Waals surface area contributed by atoms with Crippen LogP contribution in [0.3, 0.4) is 0 Å². The summed E-state index contributed by atoms with van der Waals surface area (Å²) in [6.45, 7) is 1.47. The molecule has 0 aliphatic carbocycles. The number of rotatable bonds is 6. The quantitative estimate of drug-likeness (QED) is 0.430. The maximum Gasteiger partial charge on any atom is 0.230 e. The first-order chi connectivity index (χ1) is 14.5. The molecule has 150 valence electrons. The molecular weight excluding hydrogens is 420 g/mol. The molecule has 4 rings (SSSR count). The Balaban J connectivity index is 1.63. The van der Waals surface area contributed by atoms with Gasteiger partial charge < -0.3 is 5.32 Å². The van der Waals surface area contributed by atoms with Crippen LogP contribution in [-0.2, 0) is 11.2 Å². The molecule has 1 amide bonds. The van der Waals surface area contributed by atoms with Gasteiger partial charge in [-0.25, -0.2) is 9.67 Å². The molecule has 0 aliphatic rings. The second-order valence-electron chi connectivity index (χ2n) is 6.60. The molecule has 8 heteroatoms. The predicted molar refractivity (Wildman–Crippen MR) is 118 cm³/mol. The number of nitrogens with zero attached hydrogens (tertiary/aromatic N) is 3. The highest BCUT2D eigenvalue weighted by Crippen LogP contribution is 2.26. The first-order valence-electron chi connectivity index (χ1n) is 9.16. The van der Waals surface area contributed by atoms with E-state index < -0.39 is 0 Å². The molecule has 0 atom stereocenters. The van der Waals surface area contributed by atoms with E-state index in [0.717, 1.165) is 28.2 Å². The Bertz CT molecular complexity index is 1200. The van der Waals surface area contributed by atoms with Crippen molar-refractivity contribution in [2.45, 2.75) is 13.3 Å². The van der Waals surface area contributed by atoms with Crippen LogP contribution in [0.2, 0.25) is 5.02 Å². The van der Waals surface area contributed by atoms with E-state index in [4.69, 9.17) is 16.7 Å². The van der Waals surface area contributed by atoms with Gasteiger partial charge in [-0.15, -0.1) is 0 Å². The summed E-state index contributed by atoms with van der Waals surface area (Å²) in [4.78, 5) is 28.7. The summed E-state index contributed by atoms with van der Waals surface area (Å²) < 4.78 is 1.75. The van der Waals surface area contributed by atoms with Crippen LogP contribution in [0.1, 0.15) is 22.2 Å². The van der Waals surface area contributed by atoms with E-state index in [1.807, 2.05) is 48.7 Å². The molecule has 4 aromatic rings. The van der Waals surface area contributed by atoms with Crippen LogP contribution in [0.25, 0.3) is 16.9 Å². The average molecular weight is 437 g/mol. The number of aromatic nitrogens is 3. The molecule has 0 saturated heterocycles. The minimum atomic E-state index is -0.234. The van der Waals surface area contributed by atoms with Gasteiger partial charge in [0.1, 0.15) is 0 Å².